The quantitative estimate of drug-likeness (QED) is 0.0168. The van der Waals surface area contributed by atoms with Crippen molar-refractivity contribution in [2.24, 2.45) is 0 Å². The maximum atomic E-state index is 12.8. The first kappa shape index (κ1) is 63.4. The molecule has 0 heterocycles. The van der Waals surface area contributed by atoms with E-state index < -0.39 is 64.0 Å². The summed E-state index contributed by atoms with van der Waals surface area (Å²) < 4.78 is 33.1. The van der Waals surface area contributed by atoms with E-state index in [9.17, 15) is 34.4 Å². The molecule has 5 N–H and O–H groups in total. The third kappa shape index (κ3) is 44.6. The van der Waals surface area contributed by atoms with E-state index in [1.165, 1.54) is 128 Å². The van der Waals surface area contributed by atoms with Crippen LogP contribution in [0.5, 0.6) is 0 Å². The molecule has 0 aliphatic heterocycles. The molecule has 5 atom stereocenters. The number of phosphoric acid groups is 1. The van der Waals surface area contributed by atoms with Crippen LogP contribution in [0.1, 0.15) is 245 Å². The highest BCUT2D eigenvalue weighted by molar-refractivity contribution is 7.47. The predicted molar refractivity (Wildman–Crippen MR) is 264 cm³/mol. The molecule has 0 aromatic heterocycles. The van der Waals surface area contributed by atoms with Gasteiger partial charge < -0.3 is 34.8 Å². The zero-order valence-electron chi connectivity index (χ0n) is 41.4. The molecular formula is C52H99O12P. The second-order valence-corrected chi connectivity index (χ2v) is 19.6. The molecule has 65 heavy (non-hydrogen) atoms. The summed E-state index contributed by atoms with van der Waals surface area (Å²) in [5.74, 6) is -1.02. The Morgan fingerprint density at radius 3 is 1.18 bits per heavy atom. The van der Waals surface area contributed by atoms with Gasteiger partial charge in [-0.3, -0.25) is 18.6 Å². The lowest BCUT2D eigenvalue weighted by Crippen LogP contribution is -2.41. The van der Waals surface area contributed by atoms with Crippen LogP contribution in [-0.2, 0) is 32.7 Å². The normalized spacial score (nSPS) is 14.8. The van der Waals surface area contributed by atoms with Crippen LogP contribution < -0.4 is 0 Å². The molecule has 0 spiro atoms. The summed E-state index contributed by atoms with van der Waals surface area (Å²) in [5, 5.41) is 38.2. The molecule has 0 fully saturated rings. The molecule has 0 bridgehead atoms. The van der Waals surface area contributed by atoms with Gasteiger partial charge >= 0.3 is 19.8 Å². The number of hydrogen-bond donors (Lipinski definition) is 5. The van der Waals surface area contributed by atoms with Crippen LogP contribution >= 0.6 is 7.82 Å². The molecule has 12 nitrogen and oxygen atoms in total. The van der Waals surface area contributed by atoms with Crippen molar-refractivity contribution in [3.8, 4) is 0 Å². The second kappa shape index (κ2) is 47.4. The van der Waals surface area contributed by atoms with E-state index in [1.54, 1.807) is 0 Å². The van der Waals surface area contributed by atoms with E-state index in [0.717, 1.165) is 77.0 Å². The predicted octanol–water partition coefficient (Wildman–Crippen LogP) is 12.8. The van der Waals surface area contributed by atoms with Gasteiger partial charge in [-0.1, -0.05) is 192 Å². The molecule has 13 heteroatoms. The van der Waals surface area contributed by atoms with Gasteiger partial charge in [0.2, 0.25) is 0 Å². The smallest absolute Gasteiger partial charge is 0.462 e. The number of aliphatic hydroxyl groups is 4. The topological polar surface area (TPSA) is 189 Å². The molecule has 0 saturated carbocycles. The first-order chi connectivity index (χ1) is 31.6. The van der Waals surface area contributed by atoms with Gasteiger partial charge in [-0.05, 0) is 64.2 Å². The van der Waals surface area contributed by atoms with Crippen molar-refractivity contribution < 1.29 is 58.0 Å². The maximum Gasteiger partial charge on any atom is 0.472 e. The minimum atomic E-state index is -4.83. The Morgan fingerprint density at radius 1 is 0.462 bits per heavy atom. The van der Waals surface area contributed by atoms with Crippen LogP contribution in [0.2, 0.25) is 0 Å². The number of esters is 2. The van der Waals surface area contributed by atoms with Crippen LogP contribution in [-0.4, -0.2) is 88.1 Å². The van der Waals surface area contributed by atoms with Crippen LogP contribution in [0.25, 0.3) is 0 Å². The third-order valence-electron chi connectivity index (χ3n) is 11.8. The van der Waals surface area contributed by atoms with E-state index in [0.29, 0.717) is 12.8 Å². The summed E-state index contributed by atoms with van der Waals surface area (Å²) >= 11 is 0. The molecule has 0 saturated heterocycles. The SMILES string of the molecule is CCCCCCCCCCCC=CCCCCCCCCC(=O)OC[C@H](COP(=O)(O)OC[C@@H](O)[C@@H](O)[C@H](O)CO)OC(=O)CCCCCCCC/C=C\CCCCCCCCCCC. The lowest BCUT2D eigenvalue weighted by atomic mass is 10.1. The lowest BCUT2D eigenvalue weighted by molar-refractivity contribution is -0.161. The fourth-order valence-electron chi connectivity index (χ4n) is 7.56. The van der Waals surface area contributed by atoms with Crippen molar-refractivity contribution in [3.05, 3.63) is 24.3 Å². The van der Waals surface area contributed by atoms with E-state index in [1.807, 2.05) is 0 Å². The Balaban J connectivity index is 4.42. The summed E-state index contributed by atoms with van der Waals surface area (Å²) in [7, 11) is -4.83. The number of hydrogen-bond acceptors (Lipinski definition) is 11. The Bertz CT molecular complexity index is 1170. The van der Waals surface area contributed by atoms with Gasteiger partial charge in [-0.25, -0.2) is 4.57 Å². The van der Waals surface area contributed by atoms with E-state index in [2.05, 4.69) is 38.2 Å². The fraction of sp³-hybridized carbons (Fsp3) is 0.885. The number of rotatable bonds is 50. The zero-order valence-corrected chi connectivity index (χ0v) is 42.3. The number of aliphatic hydroxyl groups excluding tert-OH is 4. The molecule has 0 aromatic carbocycles. The zero-order chi connectivity index (χ0) is 47.9. The second-order valence-electron chi connectivity index (χ2n) is 18.2. The molecule has 0 amide bonds. The Hall–Kier alpha value is -1.63. The van der Waals surface area contributed by atoms with Crippen LogP contribution in [0.4, 0.5) is 0 Å². The summed E-state index contributed by atoms with van der Waals surface area (Å²) in [6, 6.07) is 0. The van der Waals surface area contributed by atoms with E-state index in [-0.39, 0.29) is 19.4 Å². The van der Waals surface area contributed by atoms with Gasteiger partial charge in [0.1, 0.15) is 24.9 Å². The molecule has 384 valence electrons. The average molecular weight is 947 g/mol. The van der Waals surface area contributed by atoms with Crippen molar-refractivity contribution in [3.63, 3.8) is 0 Å². The average Bonchev–Trinajstić information content (AvgIpc) is 3.30. The number of unbranched alkanes of at least 4 members (excludes halogenated alkanes) is 30. The summed E-state index contributed by atoms with van der Waals surface area (Å²) in [4.78, 5) is 35.5. The number of allylic oxidation sites excluding steroid dienone is 4. The Labute approximate surface area is 396 Å². The van der Waals surface area contributed by atoms with Gasteiger partial charge in [0.05, 0.1) is 19.8 Å². The number of ether oxygens (including phenoxy) is 2. The number of phosphoric ester groups is 1. The van der Waals surface area contributed by atoms with Crippen molar-refractivity contribution >= 4 is 19.8 Å². The monoisotopic (exact) mass is 947 g/mol. The largest absolute Gasteiger partial charge is 0.472 e. The van der Waals surface area contributed by atoms with Gasteiger partial charge in [0.15, 0.2) is 6.10 Å². The van der Waals surface area contributed by atoms with E-state index >= 15 is 0 Å². The van der Waals surface area contributed by atoms with Crippen molar-refractivity contribution in [2.45, 2.75) is 269 Å². The lowest BCUT2D eigenvalue weighted by Gasteiger charge is -2.23. The molecule has 0 aliphatic carbocycles. The van der Waals surface area contributed by atoms with Crippen molar-refractivity contribution in [2.75, 3.05) is 26.4 Å². The molecular weight excluding hydrogens is 848 g/mol. The standard InChI is InChI=1S/C52H99O12P/c1-3-5-7-9-11-13-15-17-19-21-23-25-27-29-31-33-35-37-39-41-50(56)61-44-47(45-62-65(59,60)63-46-49(55)52(58)48(54)43-53)64-51(57)42-40-38-36-34-32-30-28-26-24-22-20-18-16-14-12-10-8-6-4-2/h23-26,47-49,52-55,58H,3-22,27-46H2,1-2H3,(H,59,60)/b25-23?,26-24-/t47-,48-,49-,52+/m1/s1. The highest BCUT2D eigenvalue weighted by Crippen LogP contribution is 2.43. The summed E-state index contributed by atoms with van der Waals surface area (Å²) in [6.45, 7) is 1.77. The number of carbonyl (C=O) groups is 2. The van der Waals surface area contributed by atoms with Crippen molar-refractivity contribution in [1.29, 1.82) is 0 Å². The molecule has 0 rings (SSSR count). The molecule has 0 radical (unpaired) electrons. The minimum absolute atomic E-state index is 0.131. The summed E-state index contributed by atoms with van der Waals surface area (Å²) in [6.07, 6.45) is 43.8. The third-order valence-corrected chi connectivity index (χ3v) is 12.8. The van der Waals surface area contributed by atoms with E-state index in [4.69, 9.17) is 23.6 Å². The van der Waals surface area contributed by atoms with Crippen LogP contribution in [0.15, 0.2) is 24.3 Å². The first-order valence-electron chi connectivity index (χ1n) is 26.5. The van der Waals surface area contributed by atoms with Crippen molar-refractivity contribution in [1.82, 2.24) is 0 Å². The minimum Gasteiger partial charge on any atom is -0.462 e. The molecule has 0 aromatic rings. The van der Waals surface area contributed by atoms with Gasteiger partial charge in [0.25, 0.3) is 0 Å². The van der Waals surface area contributed by atoms with Gasteiger partial charge in [-0.15, -0.1) is 0 Å². The Morgan fingerprint density at radius 2 is 0.800 bits per heavy atom. The number of carbonyl (C=O) groups excluding carboxylic acids is 2. The maximum absolute atomic E-state index is 12.8. The highest BCUT2D eigenvalue weighted by Gasteiger charge is 2.30. The fourth-order valence-corrected chi connectivity index (χ4v) is 8.33. The summed E-state index contributed by atoms with van der Waals surface area (Å²) in [5.41, 5.74) is 0. The van der Waals surface area contributed by atoms with Gasteiger partial charge in [-0.2, -0.15) is 0 Å². The molecule has 0 aliphatic rings. The van der Waals surface area contributed by atoms with Crippen LogP contribution in [0.3, 0.4) is 0 Å². The van der Waals surface area contributed by atoms with Gasteiger partial charge in [0, 0.05) is 12.8 Å². The Kier molecular flexibility index (Phi) is 46.2. The molecule has 1 unspecified atom stereocenters. The first-order valence-corrected chi connectivity index (χ1v) is 28.0. The van der Waals surface area contributed by atoms with Crippen LogP contribution in [0, 0.1) is 0 Å². The highest BCUT2D eigenvalue weighted by atomic mass is 31.2.